The summed E-state index contributed by atoms with van der Waals surface area (Å²) in [5, 5.41) is 8.85. The summed E-state index contributed by atoms with van der Waals surface area (Å²) in [7, 11) is 0. The van der Waals surface area contributed by atoms with E-state index < -0.39 is 17.8 Å². The first kappa shape index (κ1) is 16.7. The number of amides is 4. The van der Waals surface area contributed by atoms with Crippen LogP contribution in [0.15, 0.2) is 28.3 Å². The molecule has 0 radical (unpaired) electrons. The van der Waals surface area contributed by atoms with Gasteiger partial charge in [0, 0.05) is 24.5 Å². The standard InChI is InChI=1S/C16H17N3O3S2/c1-2-18-4-5-19(15(21)14(18)20)16(22)17-8-13-7-12(10-24-13)11-3-6-23-9-11/h3,6-7,9-10H,2,4-5,8H2,1H3,(H,17,22). The first-order chi connectivity index (χ1) is 11.6. The highest BCUT2D eigenvalue weighted by molar-refractivity contribution is 7.10. The molecule has 0 aromatic carbocycles. The molecule has 1 aliphatic rings. The van der Waals surface area contributed by atoms with E-state index in [0.717, 1.165) is 20.9 Å². The third-order valence-electron chi connectivity index (χ3n) is 3.86. The minimum atomic E-state index is -0.759. The largest absolute Gasteiger partial charge is 0.333 e. The van der Waals surface area contributed by atoms with Gasteiger partial charge in [-0.15, -0.1) is 11.3 Å². The van der Waals surface area contributed by atoms with E-state index in [-0.39, 0.29) is 6.54 Å². The SMILES string of the molecule is CCN1CCN(C(=O)NCc2cc(-c3ccsc3)cs2)C(=O)C1=O. The Bertz CT molecular complexity index is 754. The zero-order valence-corrected chi connectivity index (χ0v) is 14.8. The molecule has 2 aromatic rings. The molecule has 0 unspecified atom stereocenters. The van der Waals surface area contributed by atoms with Crippen molar-refractivity contribution in [3.63, 3.8) is 0 Å². The van der Waals surface area contributed by atoms with Crippen LogP contribution in [0.4, 0.5) is 4.79 Å². The molecule has 3 rings (SSSR count). The maximum absolute atomic E-state index is 12.2. The maximum atomic E-state index is 12.2. The lowest BCUT2D eigenvalue weighted by molar-refractivity contribution is -0.153. The number of piperazine rings is 1. The Hall–Kier alpha value is -2.19. The maximum Gasteiger partial charge on any atom is 0.324 e. The summed E-state index contributed by atoms with van der Waals surface area (Å²) < 4.78 is 0. The summed E-state index contributed by atoms with van der Waals surface area (Å²) in [6.45, 7) is 3.23. The van der Waals surface area contributed by atoms with Crippen LogP contribution in [-0.2, 0) is 16.1 Å². The van der Waals surface area contributed by atoms with Crippen LogP contribution in [0.25, 0.3) is 11.1 Å². The van der Waals surface area contributed by atoms with E-state index in [9.17, 15) is 14.4 Å². The minimum absolute atomic E-state index is 0.231. The van der Waals surface area contributed by atoms with Crippen molar-refractivity contribution in [3.05, 3.63) is 33.2 Å². The second-order valence-corrected chi connectivity index (χ2v) is 7.09. The van der Waals surface area contributed by atoms with Crippen LogP contribution in [0.1, 0.15) is 11.8 Å². The van der Waals surface area contributed by atoms with Crippen molar-refractivity contribution < 1.29 is 14.4 Å². The Labute approximate surface area is 147 Å². The smallest absolute Gasteiger partial charge is 0.324 e. The number of rotatable bonds is 4. The Morgan fingerprint density at radius 1 is 1.21 bits per heavy atom. The fraction of sp³-hybridized carbons (Fsp3) is 0.312. The minimum Gasteiger partial charge on any atom is -0.333 e. The molecule has 0 atom stereocenters. The Morgan fingerprint density at radius 2 is 2.04 bits per heavy atom. The van der Waals surface area contributed by atoms with Crippen LogP contribution < -0.4 is 5.32 Å². The van der Waals surface area contributed by atoms with Crippen LogP contribution in [0.2, 0.25) is 0 Å². The fourth-order valence-electron chi connectivity index (χ4n) is 2.48. The number of carbonyl (C=O) groups excluding carboxylic acids is 3. The molecule has 1 fully saturated rings. The van der Waals surface area contributed by atoms with Gasteiger partial charge in [-0.1, -0.05) is 0 Å². The second kappa shape index (κ2) is 7.14. The highest BCUT2D eigenvalue weighted by Gasteiger charge is 2.35. The van der Waals surface area contributed by atoms with Crippen molar-refractivity contribution in [3.8, 4) is 11.1 Å². The molecule has 1 aliphatic heterocycles. The van der Waals surface area contributed by atoms with E-state index in [1.54, 1.807) is 22.7 Å². The molecule has 1 saturated heterocycles. The molecular formula is C16H17N3O3S2. The number of carbonyl (C=O) groups is 3. The predicted molar refractivity (Wildman–Crippen MR) is 93.8 cm³/mol. The van der Waals surface area contributed by atoms with Gasteiger partial charge >= 0.3 is 17.8 Å². The summed E-state index contributed by atoms with van der Waals surface area (Å²) in [5.41, 5.74) is 2.28. The molecule has 0 saturated carbocycles. The van der Waals surface area contributed by atoms with Gasteiger partial charge in [0.1, 0.15) is 0 Å². The number of urea groups is 1. The summed E-state index contributed by atoms with van der Waals surface area (Å²) in [6.07, 6.45) is 0. The third kappa shape index (κ3) is 3.34. The van der Waals surface area contributed by atoms with Crippen LogP contribution in [0.3, 0.4) is 0 Å². The van der Waals surface area contributed by atoms with E-state index in [1.165, 1.54) is 4.90 Å². The quantitative estimate of drug-likeness (QED) is 0.848. The third-order valence-corrected chi connectivity index (χ3v) is 5.48. The lowest BCUT2D eigenvalue weighted by Crippen LogP contribution is -2.58. The molecule has 2 aromatic heterocycles. The van der Waals surface area contributed by atoms with E-state index in [2.05, 4.69) is 10.7 Å². The molecular weight excluding hydrogens is 346 g/mol. The molecule has 0 aliphatic carbocycles. The van der Waals surface area contributed by atoms with Gasteiger partial charge in [-0.2, -0.15) is 11.3 Å². The van der Waals surface area contributed by atoms with Crippen LogP contribution in [-0.4, -0.2) is 47.3 Å². The molecule has 6 nitrogen and oxygen atoms in total. The van der Waals surface area contributed by atoms with Crippen LogP contribution >= 0.6 is 22.7 Å². The lowest BCUT2D eigenvalue weighted by atomic mass is 10.2. The van der Waals surface area contributed by atoms with E-state index in [1.807, 2.05) is 29.8 Å². The van der Waals surface area contributed by atoms with E-state index in [4.69, 9.17) is 0 Å². The molecule has 8 heteroatoms. The first-order valence-electron chi connectivity index (χ1n) is 7.58. The number of imide groups is 1. The molecule has 3 heterocycles. The number of hydrogen-bond acceptors (Lipinski definition) is 5. The Kier molecular flexibility index (Phi) is 4.96. The van der Waals surface area contributed by atoms with Crippen molar-refractivity contribution in [2.24, 2.45) is 0 Å². The summed E-state index contributed by atoms with van der Waals surface area (Å²) in [5.74, 6) is -1.37. The van der Waals surface area contributed by atoms with Gasteiger partial charge in [-0.3, -0.25) is 14.5 Å². The van der Waals surface area contributed by atoms with Crippen molar-refractivity contribution in [2.45, 2.75) is 13.5 Å². The number of nitrogens with one attached hydrogen (secondary N) is 1. The number of likely N-dealkylation sites (N-methyl/N-ethyl adjacent to an activating group) is 1. The number of nitrogens with zero attached hydrogens (tertiary/aromatic N) is 2. The first-order valence-corrected chi connectivity index (χ1v) is 9.41. The van der Waals surface area contributed by atoms with E-state index in [0.29, 0.717) is 19.6 Å². The van der Waals surface area contributed by atoms with Gasteiger partial charge in [-0.05, 0) is 46.3 Å². The van der Waals surface area contributed by atoms with Gasteiger partial charge in [0.25, 0.3) is 0 Å². The average molecular weight is 363 g/mol. The molecule has 0 spiro atoms. The van der Waals surface area contributed by atoms with Crippen molar-refractivity contribution in [1.82, 2.24) is 15.1 Å². The summed E-state index contributed by atoms with van der Waals surface area (Å²) in [4.78, 5) is 39.4. The molecule has 0 bridgehead atoms. The zero-order valence-electron chi connectivity index (χ0n) is 13.2. The fourth-order valence-corrected chi connectivity index (χ4v) is 3.98. The normalized spacial score (nSPS) is 15.0. The molecule has 126 valence electrons. The highest BCUT2D eigenvalue weighted by atomic mass is 32.1. The topological polar surface area (TPSA) is 69.7 Å². The van der Waals surface area contributed by atoms with Crippen molar-refractivity contribution in [1.29, 1.82) is 0 Å². The Morgan fingerprint density at radius 3 is 2.75 bits per heavy atom. The average Bonchev–Trinajstić information content (AvgIpc) is 3.26. The van der Waals surface area contributed by atoms with E-state index >= 15 is 0 Å². The predicted octanol–water partition coefficient (Wildman–Crippen LogP) is 2.38. The van der Waals surface area contributed by atoms with Gasteiger partial charge in [0.15, 0.2) is 0 Å². The van der Waals surface area contributed by atoms with Crippen LogP contribution in [0.5, 0.6) is 0 Å². The lowest BCUT2D eigenvalue weighted by Gasteiger charge is -2.31. The van der Waals surface area contributed by atoms with Crippen molar-refractivity contribution >= 4 is 40.5 Å². The molecule has 4 amide bonds. The van der Waals surface area contributed by atoms with Gasteiger partial charge in [0.05, 0.1) is 6.54 Å². The van der Waals surface area contributed by atoms with Gasteiger partial charge in [0.2, 0.25) is 0 Å². The van der Waals surface area contributed by atoms with Crippen LogP contribution in [0, 0.1) is 0 Å². The number of hydrogen-bond donors (Lipinski definition) is 1. The molecule has 24 heavy (non-hydrogen) atoms. The van der Waals surface area contributed by atoms with Crippen molar-refractivity contribution in [2.75, 3.05) is 19.6 Å². The second-order valence-electron chi connectivity index (χ2n) is 5.31. The summed E-state index contributed by atoms with van der Waals surface area (Å²) in [6, 6.07) is 3.55. The number of thiophene rings is 2. The summed E-state index contributed by atoms with van der Waals surface area (Å²) >= 11 is 3.19. The van der Waals surface area contributed by atoms with Gasteiger partial charge in [-0.25, -0.2) is 4.79 Å². The van der Waals surface area contributed by atoms with Gasteiger partial charge < -0.3 is 10.2 Å². The monoisotopic (exact) mass is 363 g/mol. The highest BCUT2D eigenvalue weighted by Crippen LogP contribution is 2.27. The molecule has 1 N–H and O–H groups in total. The Balaban J connectivity index is 1.58. The zero-order chi connectivity index (χ0) is 17.1.